The van der Waals surface area contributed by atoms with Gasteiger partial charge in [0.1, 0.15) is 16.5 Å². The van der Waals surface area contributed by atoms with E-state index in [4.69, 9.17) is 10.9 Å². The first kappa shape index (κ1) is 13.9. The molecule has 0 bridgehead atoms. The molecule has 3 heterocycles. The number of rotatable bonds is 3. The Morgan fingerprint density at radius 1 is 1.29 bits per heavy atom. The van der Waals surface area contributed by atoms with Crippen molar-refractivity contribution in [2.24, 2.45) is 10.9 Å². The minimum absolute atomic E-state index is 0.00229. The van der Waals surface area contributed by atoms with Crippen molar-refractivity contribution in [3.8, 4) is 0 Å². The predicted molar refractivity (Wildman–Crippen MR) is 78.4 cm³/mol. The molecule has 1 aliphatic heterocycles. The Labute approximate surface area is 126 Å². The van der Waals surface area contributed by atoms with Crippen LogP contribution in [0.3, 0.4) is 0 Å². The van der Waals surface area contributed by atoms with Crippen LogP contribution in [-0.4, -0.2) is 30.8 Å². The molecule has 0 saturated heterocycles. The van der Waals surface area contributed by atoms with E-state index in [1.54, 1.807) is 6.07 Å². The molecule has 2 aromatic heterocycles. The Morgan fingerprint density at radius 3 is 3.05 bits per heavy atom. The Morgan fingerprint density at radius 2 is 2.19 bits per heavy atom. The van der Waals surface area contributed by atoms with Gasteiger partial charge < -0.3 is 15.5 Å². The van der Waals surface area contributed by atoms with Gasteiger partial charge in [-0.05, 0) is 36.7 Å². The molecule has 0 radical (unpaired) electrons. The molecular weight excluding hydrogens is 288 g/mol. The van der Waals surface area contributed by atoms with Crippen molar-refractivity contribution in [2.45, 2.75) is 42.4 Å². The molecule has 1 aliphatic rings. The van der Waals surface area contributed by atoms with Crippen molar-refractivity contribution in [2.75, 3.05) is 0 Å². The van der Waals surface area contributed by atoms with Crippen LogP contribution in [-0.2, 0) is 13.0 Å². The van der Waals surface area contributed by atoms with Crippen LogP contribution in [0.1, 0.15) is 30.8 Å². The third-order valence-electron chi connectivity index (χ3n) is 3.37. The van der Waals surface area contributed by atoms with Crippen LogP contribution < -0.4 is 5.73 Å². The van der Waals surface area contributed by atoms with Gasteiger partial charge in [-0.2, -0.15) is 0 Å². The molecule has 0 spiro atoms. The fraction of sp³-hybridized carbons (Fsp3) is 0.385. The fourth-order valence-electron chi connectivity index (χ4n) is 2.29. The number of hydrogen-bond acceptors (Lipinski definition) is 6. The van der Waals surface area contributed by atoms with Gasteiger partial charge in [-0.1, -0.05) is 17.6 Å². The molecule has 0 aliphatic carbocycles. The summed E-state index contributed by atoms with van der Waals surface area (Å²) in [6, 6.07) is 5.39. The van der Waals surface area contributed by atoms with E-state index in [2.05, 4.69) is 24.9 Å². The third-order valence-corrected chi connectivity index (χ3v) is 4.29. The molecule has 21 heavy (non-hydrogen) atoms. The van der Waals surface area contributed by atoms with Gasteiger partial charge in [0.2, 0.25) is 0 Å². The second kappa shape index (κ2) is 6.13. The summed E-state index contributed by atoms with van der Waals surface area (Å²) in [6.45, 7) is 0.949. The van der Waals surface area contributed by atoms with E-state index in [0.29, 0.717) is 5.69 Å². The van der Waals surface area contributed by atoms with Crippen molar-refractivity contribution >= 4 is 17.6 Å². The average Bonchev–Trinajstić information content (AvgIpc) is 2.74. The number of fused-ring (bicyclic) bond motifs is 1. The fourth-order valence-corrected chi connectivity index (χ4v) is 3.16. The highest BCUT2D eigenvalue weighted by Crippen LogP contribution is 2.27. The minimum atomic E-state index is -0.00229. The molecule has 3 rings (SSSR count). The first-order chi connectivity index (χ1) is 10.3. The molecule has 0 aromatic carbocycles. The third kappa shape index (κ3) is 2.99. The summed E-state index contributed by atoms with van der Waals surface area (Å²) in [5.41, 5.74) is 6.01. The second-order valence-electron chi connectivity index (χ2n) is 4.81. The van der Waals surface area contributed by atoms with E-state index in [1.165, 1.54) is 24.6 Å². The lowest BCUT2D eigenvalue weighted by molar-refractivity contribution is 0.318. The van der Waals surface area contributed by atoms with Crippen LogP contribution in [0.4, 0.5) is 0 Å². The molecule has 110 valence electrons. The summed E-state index contributed by atoms with van der Waals surface area (Å²) < 4.78 is 2.16. The molecular formula is C13H16N6OS. The van der Waals surface area contributed by atoms with Gasteiger partial charge >= 0.3 is 0 Å². The minimum Gasteiger partial charge on any atom is -0.409 e. The molecule has 0 atom stereocenters. The Balaban J connectivity index is 1.86. The van der Waals surface area contributed by atoms with E-state index >= 15 is 0 Å². The topological polar surface area (TPSA) is 102 Å². The van der Waals surface area contributed by atoms with E-state index in [-0.39, 0.29) is 5.84 Å². The lowest BCUT2D eigenvalue weighted by Crippen LogP contribution is -2.15. The van der Waals surface area contributed by atoms with Crippen LogP contribution in [0.15, 0.2) is 33.5 Å². The summed E-state index contributed by atoms with van der Waals surface area (Å²) in [5, 5.41) is 21.8. The van der Waals surface area contributed by atoms with Crippen molar-refractivity contribution in [3.63, 3.8) is 0 Å². The standard InChI is InChI=1S/C13H16N6OS/c14-12(18-20)9-5-4-7-11(15-9)21-13-17-16-10-6-2-1-3-8-19(10)13/h4-5,7,20H,1-3,6,8H2,(H2,14,18). The van der Waals surface area contributed by atoms with Crippen LogP contribution in [0.5, 0.6) is 0 Å². The molecule has 0 saturated carbocycles. The van der Waals surface area contributed by atoms with Crippen LogP contribution in [0.25, 0.3) is 0 Å². The quantitative estimate of drug-likeness (QED) is 0.387. The number of nitrogens with zero attached hydrogens (tertiary/aromatic N) is 5. The van der Waals surface area contributed by atoms with Gasteiger partial charge in [0.25, 0.3) is 0 Å². The van der Waals surface area contributed by atoms with Crippen molar-refractivity contribution < 1.29 is 5.21 Å². The van der Waals surface area contributed by atoms with Gasteiger partial charge in [-0.3, -0.25) is 0 Å². The summed E-state index contributed by atoms with van der Waals surface area (Å²) >= 11 is 1.45. The largest absolute Gasteiger partial charge is 0.409 e. The number of oxime groups is 1. The van der Waals surface area contributed by atoms with Crippen LogP contribution >= 0.6 is 11.8 Å². The van der Waals surface area contributed by atoms with E-state index in [0.717, 1.165) is 35.4 Å². The number of aromatic nitrogens is 4. The highest BCUT2D eigenvalue weighted by molar-refractivity contribution is 7.99. The molecule has 0 amide bonds. The Bertz CT molecular complexity index is 668. The highest BCUT2D eigenvalue weighted by Gasteiger charge is 2.16. The maximum atomic E-state index is 8.71. The zero-order valence-corrected chi connectivity index (χ0v) is 12.3. The molecule has 0 fully saturated rings. The van der Waals surface area contributed by atoms with E-state index in [1.807, 2.05) is 12.1 Å². The molecule has 8 heteroatoms. The number of hydrogen-bond donors (Lipinski definition) is 2. The van der Waals surface area contributed by atoms with Gasteiger partial charge in [-0.25, -0.2) is 4.98 Å². The Hall–Kier alpha value is -2.09. The predicted octanol–water partition coefficient (Wildman–Crippen LogP) is 1.65. The average molecular weight is 304 g/mol. The SMILES string of the molecule is NC(=NO)c1cccc(Sc2nnc3n2CCCCC3)n1. The van der Waals surface area contributed by atoms with Gasteiger partial charge in [0, 0.05) is 13.0 Å². The van der Waals surface area contributed by atoms with Gasteiger partial charge in [0.05, 0.1) is 0 Å². The summed E-state index contributed by atoms with van der Waals surface area (Å²) in [7, 11) is 0. The van der Waals surface area contributed by atoms with Gasteiger partial charge in [0.15, 0.2) is 11.0 Å². The Kier molecular flexibility index (Phi) is 4.05. The number of aryl methyl sites for hydroxylation is 1. The molecule has 2 aromatic rings. The van der Waals surface area contributed by atoms with Crippen molar-refractivity contribution in [1.82, 2.24) is 19.7 Å². The molecule has 0 unspecified atom stereocenters. The maximum absolute atomic E-state index is 8.71. The normalized spacial score (nSPS) is 15.5. The summed E-state index contributed by atoms with van der Waals surface area (Å²) in [5.74, 6) is 1.04. The number of nitrogens with two attached hydrogens (primary N) is 1. The maximum Gasteiger partial charge on any atom is 0.197 e. The monoisotopic (exact) mass is 304 g/mol. The second-order valence-corrected chi connectivity index (χ2v) is 5.80. The van der Waals surface area contributed by atoms with Crippen LogP contribution in [0.2, 0.25) is 0 Å². The van der Waals surface area contributed by atoms with E-state index in [9.17, 15) is 0 Å². The van der Waals surface area contributed by atoms with Gasteiger partial charge in [-0.15, -0.1) is 10.2 Å². The lowest BCUT2D eigenvalue weighted by Gasteiger charge is -2.06. The zero-order valence-electron chi connectivity index (χ0n) is 11.4. The van der Waals surface area contributed by atoms with E-state index < -0.39 is 0 Å². The molecule has 7 nitrogen and oxygen atoms in total. The zero-order chi connectivity index (χ0) is 14.7. The summed E-state index contributed by atoms with van der Waals surface area (Å²) in [4.78, 5) is 4.36. The van der Waals surface area contributed by atoms with Crippen LogP contribution in [0, 0.1) is 0 Å². The molecule has 3 N–H and O–H groups in total. The highest BCUT2D eigenvalue weighted by atomic mass is 32.2. The van der Waals surface area contributed by atoms with Crippen molar-refractivity contribution in [1.29, 1.82) is 0 Å². The lowest BCUT2D eigenvalue weighted by atomic mass is 10.2. The number of amidine groups is 1. The summed E-state index contributed by atoms with van der Waals surface area (Å²) in [6.07, 6.45) is 4.52. The number of pyridine rings is 1. The smallest absolute Gasteiger partial charge is 0.197 e. The first-order valence-electron chi connectivity index (χ1n) is 6.83. The first-order valence-corrected chi connectivity index (χ1v) is 7.64. The van der Waals surface area contributed by atoms with Crippen molar-refractivity contribution in [3.05, 3.63) is 29.7 Å².